The number of carbonyl (C=O) groups excluding carboxylic acids is 1. The zero-order chi connectivity index (χ0) is 24.6. The number of hydrogen-bond acceptors (Lipinski definition) is 8. The molecule has 0 aliphatic carbocycles. The molecule has 2 aromatic carbocycles. The van der Waals surface area contributed by atoms with Crippen molar-refractivity contribution in [3.8, 4) is 17.2 Å². The molecule has 1 aliphatic heterocycles. The van der Waals surface area contributed by atoms with Crippen molar-refractivity contribution in [3.63, 3.8) is 0 Å². The number of anilines is 1. The maximum atomic E-state index is 10.9. The first-order valence-corrected chi connectivity index (χ1v) is 12.3. The number of aliphatic imine (C=N–C) groups is 1. The van der Waals surface area contributed by atoms with Crippen molar-refractivity contribution >= 4 is 44.9 Å². The van der Waals surface area contributed by atoms with Crippen LogP contribution >= 0.6 is 11.8 Å². The molecule has 0 saturated carbocycles. The van der Waals surface area contributed by atoms with Crippen LogP contribution in [-0.2, 0) is 6.42 Å². The van der Waals surface area contributed by atoms with Gasteiger partial charge in [-0.1, -0.05) is 6.58 Å². The highest BCUT2D eigenvalue weighted by atomic mass is 32.2. The predicted molar refractivity (Wildman–Crippen MR) is 141 cm³/mol. The summed E-state index contributed by atoms with van der Waals surface area (Å²) in [7, 11) is 1.60. The third kappa shape index (κ3) is 6.51. The lowest BCUT2D eigenvalue weighted by molar-refractivity contribution is 0.267. The number of furan rings is 1. The quantitative estimate of drug-likeness (QED) is 0.184. The summed E-state index contributed by atoms with van der Waals surface area (Å²) in [6, 6.07) is 11.7. The number of amides is 1. The highest BCUT2D eigenvalue weighted by Crippen LogP contribution is 2.35. The Morgan fingerprint density at radius 2 is 2.14 bits per heavy atom. The molecule has 0 radical (unpaired) electrons. The largest absolute Gasteiger partial charge is 0.496 e. The number of ether oxygens (including phenoxy) is 3. The van der Waals surface area contributed by atoms with Crippen LogP contribution in [0.3, 0.4) is 0 Å². The molecule has 0 bridgehead atoms. The number of thioether (sulfide) groups is 1. The smallest absolute Gasteiger partial charge is 0.282 e. The monoisotopic (exact) mass is 495 g/mol. The molecule has 2 heterocycles. The third-order valence-electron chi connectivity index (χ3n) is 5.57. The van der Waals surface area contributed by atoms with Gasteiger partial charge in [-0.05, 0) is 60.9 Å². The van der Waals surface area contributed by atoms with Gasteiger partial charge in [-0.25, -0.2) is 4.99 Å². The standard InChI is InChI=1S/C26H29N3O5S/c1-17(29-16-35-26(27)30)23-15-21-24(13-20(31-2)14-25(21)34-23)32-10-5-3-4-9-28-19-6-7-22-18(12-19)8-11-33-22/h6-7,12-16,28H,1,3-5,8-11H2,2H3,(H2,27,30). The van der Waals surface area contributed by atoms with E-state index < -0.39 is 5.24 Å². The topological polar surface area (TPSA) is 108 Å². The Morgan fingerprint density at radius 3 is 2.97 bits per heavy atom. The van der Waals surface area contributed by atoms with Crippen LogP contribution in [0.25, 0.3) is 16.7 Å². The molecule has 35 heavy (non-hydrogen) atoms. The van der Waals surface area contributed by atoms with Crippen molar-refractivity contribution in [3.05, 3.63) is 54.3 Å². The summed E-state index contributed by atoms with van der Waals surface area (Å²) in [4.78, 5) is 15.0. The van der Waals surface area contributed by atoms with E-state index in [2.05, 4.69) is 29.0 Å². The lowest BCUT2D eigenvalue weighted by Crippen LogP contribution is -2.03. The number of unbranched alkanes of at least 4 members (excludes halogenated alkanes) is 2. The maximum absolute atomic E-state index is 10.9. The summed E-state index contributed by atoms with van der Waals surface area (Å²) in [5.74, 6) is 2.79. The van der Waals surface area contributed by atoms with Gasteiger partial charge >= 0.3 is 0 Å². The van der Waals surface area contributed by atoms with E-state index in [-0.39, 0.29) is 0 Å². The van der Waals surface area contributed by atoms with Gasteiger partial charge in [0.2, 0.25) is 0 Å². The molecule has 8 nitrogen and oxygen atoms in total. The van der Waals surface area contributed by atoms with Crippen LogP contribution in [0.1, 0.15) is 30.6 Å². The van der Waals surface area contributed by atoms with Gasteiger partial charge in [0.1, 0.15) is 22.8 Å². The van der Waals surface area contributed by atoms with Crippen molar-refractivity contribution in [2.75, 3.05) is 32.2 Å². The molecular weight excluding hydrogens is 466 g/mol. The number of nitrogens with one attached hydrogen (secondary N) is 1. The average Bonchev–Trinajstić information content (AvgIpc) is 3.49. The van der Waals surface area contributed by atoms with E-state index in [0.29, 0.717) is 35.1 Å². The van der Waals surface area contributed by atoms with Crippen molar-refractivity contribution in [1.29, 1.82) is 0 Å². The fraction of sp³-hybridized carbons (Fsp3) is 0.308. The fourth-order valence-electron chi connectivity index (χ4n) is 3.78. The van der Waals surface area contributed by atoms with Crippen molar-refractivity contribution in [2.45, 2.75) is 25.7 Å². The number of fused-ring (bicyclic) bond motifs is 2. The minimum Gasteiger partial charge on any atom is -0.496 e. The molecule has 3 N–H and O–H groups in total. The lowest BCUT2D eigenvalue weighted by Gasteiger charge is -2.10. The Morgan fingerprint density at radius 1 is 1.26 bits per heavy atom. The van der Waals surface area contributed by atoms with E-state index >= 15 is 0 Å². The number of hydrogen-bond donors (Lipinski definition) is 2. The average molecular weight is 496 g/mol. The summed E-state index contributed by atoms with van der Waals surface area (Å²) in [6.45, 7) is 6.15. The first-order chi connectivity index (χ1) is 17.0. The minimum absolute atomic E-state index is 0.378. The van der Waals surface area contributed by atoms with E-state index in [0.717, 1.165) is 67.4 Å². The van der Waals surface area contributed by atoms with Crippen LogP contribution in [0, 0.1) is 0 Å². The number of rotatable bonds is 12. The fourth-order valence-corrected chi connectivity index (χ4v) is 4.07. The first kappa shape index (κ1) is 24.5. The number of carbonyl (C=O) groups is 1. The Hall–Kier alpha value is -3.59. The molecule has 0 spiro atoms. The molecule has 0 fully saturated rings. The Balaban J connectivity index is 1.27. The molecule has 0 atom stereocenters. The van der Waals surface area contributed by atoms with Gasteiger partial charge < -0.3 is 29.7 Å². The van der Waals surface area contributed by atoms with Gasteiger partial charge in [-0.15, -0.1) is 0 Å². The highest BCUT2D eigenvalue weighted by molar-refractivity contribution is 8.24. The zero-order valence-corrected chi connectivity index (χ0v) is 20.5. The minimum atomic E-state index is -0.541. The normalized spacial score (nSPS) is 12.5. The van der Waals surface area contributed by atoms with Gasteiger partial charge in [-0.2, -0.15) is 0 Å². The first-order valence-electron chi connectivity index (χ1n) is 11.5. The van der Waals surface area contributed by atoms with E-state index in [1.54, 1.807) is 13.2 Å². The lowest BCUT2D eigenvalue weighted by atomic mass is 10.1. The molecule has 184 valence electrons. The molecule has 1 aromatic heterocycles. The summed E-state index contributed by atoms with van der Waals surface area (Å²) < 4.78 is 22.9. The van der Waals surface area contributed by atoms with Crippen LogP contribution in [0.4, 0.5) is 10.5 Å². The molecule has 3 aromatic rings. The number of nitrogens with two attached hydrogens (primary N) is 1. The van der Waals surface area contributed by atoms with Crippen LogP contribution < -0.4 is 25.3 Å². The Labute approximate surface area is 208 Å². The van der Waals surface area contributed by atoms with E-state index in [4.69, 9.17) is 24.4 Å². The van der Waals surface area contributed by atoms with E-state index in [9.17, 15) is 4.79 Å². The molecule has 1 amide bonds. The van der Waals surface area contributed by atoms with Crippen molar-refractivity contribution in [1.82, 2.24) is 0 Å². The van der Waals surface area contributed by atoms with Crippen LogP contribution in [0.2, 0.25) is 0 Å². The number of methoxy groups -OCH3 is 1. The summed E-state index contributed by atoms with van der Waals surface area (Å²) in [5, 5.41) is 3.75. The molecule has 1 aliphatic rings. The maximum Gasteiger partial charge on any atom is 0.282 e. The van der Waals surface area contributed by atoms with Crippen molar-refractivity contribution in [2.24, 2.45) is 10.7 Å². The zero-order valence-electron chi connectivity index (χ0n) is 19.7. The second-order valence-corrected chi connectivity index (χ2v) is 8.87. The summed E-state index contributed by atoms with van der Waals surface area (Å²) >= 11 is 0.783. The van der Waals surface area contributed by atoms with Crippen molar-refractivity contribution < 1.29 is 23.4 Å². The van der Waals surface area contributed by atoms with Crippen LogP contribution in [-0.4, -0.2) is 37.7 Å². The van der Waals surface area contributed by atoms with Gasteiger partial charge in [-0.3, -0.25) is 4.79 Å². The number of nitrogens with zero attached hydrogens (tertiary/aromatic N) is 1. The SMILES string of the molecule is C=C(N=CSC(N)=O)c1cc2c(OCCCCCNc3ccc4c(c3)CCO4)cc(OC)cc2o1. The van der Waals surface area contributed by atoms with E-state index in [1.165, 1.54) is 11.1 Å². The van der Waals surface area contributed by atoms with Gasteiger partial charge in [0, 0.05) is 30.8 Å². The summed E-state index contributed by atoms with van der Waals surface area (Å²) in [5.41, 5.74) is 9.84. The van der Waals surface area contributed by atoms with Gasteiger partial charge in [0.25, 0.3) is 5.24 Å². The third-order valence-corrected chi connectivity index (χ3v) is 6.01. The second kappa shape index (κ2) is 11.7. The van der Waals surface area contributed by atoms with Crippen LogP contribution in [0.15, 0.2) is 52.4 Å². The van der Waals surface area contributed by atoms with Gasteiger partial charge in [0.05, 0.1) is 37.0 Å². The molecule has 0 unspecified atom stereocenters. The summed E-state index contributed by atoms with van der Waals surface area (Å²) in [6.07, 6.45) is 3.98. The Kier molecular flexibility index (Phi) is 8.20. The second-order valence-electron chi connectivity index (χ2n) is 8.02. The molecule has 0 saturated heterocycles. The van der Waals surface area contributed by atoms with Gasteiger partial charge in [0.15, 0.2) is 5.76 Å². The number of benzene rings is 2. The number of primary amides is 1. The van der Waals surface area contributed by atoms with Crippen LogP contribution in [0.5, 0.6) is 17.2 Å². The highest BCUT2D eigenvalue weighted by Gasteiger charge is 2.14. The van der Waals surface area contributed by atoms with E-state index in [1.807, 2.05) is 18.2 Å². The molecule has 9 heteroatoms. The molecule has 4 rings (SSSR count). The Bertz CT molecular complexity index is 1240. The molecular formula is C26H29N3O5S. The predicted octanol–water partition coefficient (Wildman–Crippen LogP) is 5.85.